The maximum Gasteiger partial charge on any atom is 0.271 e. The molecule has 0 aliphatic carbocycles. The van der Waals surface area contributed by atoms with Crippen LogP contribution in [-0.4, -0.2) is 27.4 Å². The van der Waals surface area contributed by atoms with Gasteiger partial charge in [-0.2, -0.15) is 5.10 Å². The summed E-state index contributed by atoms with van der Waals surface area (Å²) in [6.07, 6.45) is 3.10. The summed E-state index contributed by atoms with van der Waals surface area (Å²) in [7, 11) is 0. The topological polar surface area (TPSA) is 127 Å². The van der Waals surface area contributed by atoms with E-state index in [1.54, 1.807) is 25.3 Å². The molecular weight excluding hydrogens is 326 g/mol. The van der Waals surface area contributed by atoms with E-state index in [1.807, 2.05) is 0 Å². The second kappa shape index (κ2) is 8.29. The average Bonchev–Trinajstić information content (AvgIpc) is 2.60. The summed E-state index contributed by atoms with van der Waals surface area (Å²) in [5.41, 5.74) is 3.38. The summed E-state index contributed by atoms with van der Waals surface area (Å²) in [6, 6.07) is 8.51. The number of nitro groups is 1. The fourth-order valence-electron chi connectivity index (χ4n) is 1.86. The second-order valence-electron chi connectivity index (χ2n) is 5.06. The highest BCUT2D eigenvalue weighted by Gasteiger charge is 2.09. The zero-order valence-corrected chi connectivity index (χ0v) is 13.3. The first-order valence-corrected chi connectivity index (χ1v) is 7.23. The van der Waals surface area contributed by atoms with Crippen LogP contribution in [0, 0.1) is 10.1 Å². The van der Waals surface area contributed by atoms with Crippen molar-refractivity contribution in [2.75, 3.05) is 5.32 Å². The fourth-order valence-corrected chi connectivity index (χ4v) is 1.86. The van der Waals surface area contributed by atoms with Gasteiger partial charge < -0.3 is 5.32 Å². The summed E-state index contributed by atoms with van der Waals surface area (Å²) in [6.45, 7) is 1.60. The maximum atomic E-state index is 11.9. The molecule has 0 unspecified atom stereocenters. The minimum absolute atomic E-state index is 0.00453. The number of carbonyl (C=O) groups excluding carboxylic acids is 2. The van der Waals surface area contributed by atoms with Crippen molar-refractivity contribution in [1.29, 1.82) is 0 Å². The largest absolute Gasteiger partial charge is 0.324 e. The van der Waals surface area contributed by atoms with Crippen molar-refractivity contribution in [3.63, 3.8) is 0 Å². The van der Waals surface area contributed by atoms with Gasteiger partial charge in [0, 0.05) is 29.6 Å². The van der Waals surface area contributed by atoms with Gasteiger partial charge in [-0.1, -0.05) is 0 Å². The number of benzene rings is 1. The molecule has 1 aromatic carbocycles. The zero-order chi connectivity index (χ0) is 18.2. The van der Waals surface area contributed by atoms with Crippen molar-refractivity contribution in [3.05, 3.63) is 64.5 Å². The minimum Gasteiger partial charge on any atom is -0.324 e. The highest BCUT2D eigenvalue weighted by Crippen LogP contribution is 2.11. The van der Waals surface area contributed by atoms with Crippen molar-refractivity contribution >= 4 is 28.9 Å². The summed E-state index contributed by atoms with van der Waals surface area (Å²) in [4.78, 5) is 37.7. The van der Waals surface area contributed by atoms with Crippen molar-refractivity contribution in [1.82, 2.24) is 10.4 Å². The number of carbonyl (C=O) groups is 2. The van der Waals surface area contributed by atoms with Crippen molar-refractivity contribution in [3.8, 4) is 0 Å². The van der Waals surface area contributed by atoms with E-state index in [0.717, 1.165) is 0 Å². The Balaban J connectivity index is 1.88. The van der Waals surface area contributed by atoms with Crippen LogP contribution in [0.15, 0.2) is 53.9 Å². The van der Waals surface area contributed by atoms with Gasteiger partial charge in [0.2, 0.25) is 5.91 Å². The molecular formula is C16H15N5O4. The Hall–Kier alpha value is -3.62. The SMILES string of the molecule is C/C(CC(=O)Nc1cccnc1)=N\NC(=O)c1ccc([N+](=O)[O-])cc1. The summed E-state index contributed by atoms with van der Waals surface area (Å²) < 4.78 is 0. The van der Waals surface area contributed by atoms with Gasteiger partial charge >= 0.3 is 0 Å². The third-order valence-electron chi connectivity index (χ3n) is 3.05. The van der Waals surface area contributed by atoms with E-state index in [1.165, 1.54) is 30.5 Å². The standard InChI is InChI=1S/C16H15N5O4/c1-11(9-15(22)18-13-3-2-8-17-10-13)19-20-16(23)12-4-6-14(7-5-12)21(24)25/h2-8,10H,9H2,1H3,(H,18,22)(H,20,23)/b19-11+. The second-order valence-corrected chi connectivity index (χ2v) is 5.06. The highest BCUT2D eigenvalue weighted by molar-refractivity contribution is 6.06. The Morgan fingerprint density at radius 3 is 2.56 bits per heavy atom. The smallest absolute Gasteiger partial charge is 0.271 e. The first-order chi connectivity index (χ1) is 12.0. The van der Waals surface area contributed by atoms with Crippen LogP contribution in [0.2, 0.25) is 0 Å². The number of pyridine rings is 1. The molecule has 0 saturated carbocycles. The zero-order valence-electron chi connectivity index (χ0n) is 13.3. The number of nitrogens with zero attached hydrogens (tertiary/aromatic N) is 3. The van der Waals surface area contributed by atoms with Crippen LogP contribution in [0.1, 0.15) is 23.7 Å². The third kappa shape index (κ3) is 5.50. The lowest BCUT2D eigenvalue weighted by Crippen LogP contribution is -2.21. The number of anilines is 1. The number of rotatable bonds is 6. The van der Waals surface area contributed by atoms with E-state index >= 15 is 0 Å². The minimum atomic E-state index is -0.551. The van der Waals surface area contributed by atoms with Crippen LogP contribution in [0.3, 0.4) is 0 Å². The van der Waals surface area contributed by atoms with E-state index in [4.69, 9.17) is 0 Å². The van der Waals surface area contributed by atoms with Gasteiger partial charge in [-0.05, 0) is 31.2 Å². The first kappa shape index (κ1) is 17.7. The van der Waals surface area contributed by atoms with Crippen molar-refractivity contribution < 1.29 is 14.5 Å². The molecule has 9 nitrogen and oxygen atoms in total. The van der Waals surface area contributed by atoms with Crippen LogP contribution in [0.5, 0.6) is 0 Å². The number of hydrazone groups is 1. The normalized spacial score (nSPS) is 10.8. The Morgan fingerprint density at radius 1 is 1.24 bits per heavy atom. The Morgan fingerprint density at radius 2 is 1.96 bits per heavy atom. The lowest BCUT2D eigenvalue weighted by atomic mass is 10.2. The molecule has 0 saturated heterocycles. The molecule has 9 heteroatoms. The molecule has 0 spiro atoms. The number of nitrogens with one attached hydrogen (secondary N) is 2. The fraction of sp³-hybridized carbons (Fsp3) is 0.125. The summed E-state index contributed by atoms with van der Waals surface area (Å²) in [5.74, 6) is -0.819. The molecule has 2 aromatic rings. The number of nitro benzene ring substituents is 1. The molecule has 128 valence electrons. The molecule has 25 heavy (non-hydrogen) atoms. The van der Waals surface area contributed by atoms with Crippen LogP contribution in [-0.2, 0) is 4.79 Å². The monoisotopic (exact) mass is 341 g/mol. The molecule has 0 aliphatic heterocycles. The summed E-state index contributed by atoms with van der Waals surface area (Å²) in [5, 5.41) is 17.1. The Bertz CT molecular complexity index is 803. The van der Waals surface area contributed by atoms with Crippen LogP contribution in [0.25, 0.3) is 0 Å². The van der Waals surface area contributed by atoms with Gasteiger partial charge in [0.1, 0.15) is 0 Å². The van der Waals surface area contributed by atoms with E-state index in [-0.39, 0.29) is 23.6 Å². The Kier molecular flexibility index (Phi) is 5.88. The lowest BCUT2D eigenvalue weighted by molar-refractivity contribution is -0.384. The number of non-ortho nitro benzene ring substituents is 1. The van der Waals surface area contributed by atoms with Gasteiger partial charge in [0.05, 0.1) is 23.2 Å². The van der Waals surface area contributed by atoms with E-state index < -0.39 is 10.8 Å². The van der Waals surface area contributed by atoms with Crippen LogP contribution >= 0.6 is 0 Å². The molecule has 0 aliphatic rings. The number of amides is 2. The molecule has 1 heterocycles. The average molecular weight is 341 g/mol. The predicted molar refractivity (Wildman–Crippen MR) is 91.2 cm³/mol. The third-order valence-corrected chi connectivity index (χ3v) is 3.05. The predicted octanol–water partition coefficient (Wildman–Crippen LogP) is 2.12. The molecule has 1 aromatic heterocycles. The van der Waals surface area contributed by atoms with E-state index in [9.17, 15) is 19.7 Å². The summed E-state index contributed by atoms with van der Waals surface area (Å²) >= 11 is 0. The molecule has 0 atom stereocenters. The van der Waals surface area contributed by atoms with Gasteiger partial charge in [-0.3, -0.25) is 24.7 Å². The molecule has 2 amide bonds. The molecule has 2 rings (SSSR count). The molecule has 0 fully saturated rings. The van der Waals surface area contributed by atoms with Gasteiger partial charge in [0.25, 0.3) is 11.6 Å². The molecule has 0 radical (unpaired) electrons. The van der Waals surface area contributed by atoms with Crippen LogP contribution in [0.4, 0.5) is 11.4 Å². The lowest BCUT2D eigenvalue weighted by Gasteiger charge is -2.05. The highest BCUT2D eigenvalue weighted by atomic mass is 16.6. The van der Waals surface area contributed by atoms with Gasteiger partial charge in [0.15, 0.2) is 0 Å². The van der Waals surface area contributed by atoms with E-state index in [0.29, 0.717) is 11.4 Å². The van der Waals surface area contributed by atoms with Crippen molar-refractivity contribution in [2.24, 2.45) is 5.10 Å². The Labute approximate surface area is 142 Å². The number of aromatic nitrogens is 1. The maximum absolute atomic E-state index is 11.9. The molecule has 0 bridgehead atoms. The quantitative estimate of drug-likeness (QED) is 0.473. The first-order valence-electron chi connectivity index (χ1n) is 7.23. The number of hydrogen-bond donors (Lipinski definition) is 2. The molecule has 2 N–H and O–H groups in total. The van der Waals surface area contributed by atoms with Gasteiger partial charge in [-0.25, -0.2) is 5.43 Å². The van der Waals surface area contributed by atoms with Crippen LogP contribution < -0.4 is 10.7 Å². The van der Waals surface area contributed by atoms with E-state index in [2.05, 4.69) is 20.8 Å². The number of hydrogen-bond acceptors (Lipinski definition) is 6. The van der Waals surface area contributed by atoms with Crippen molar-refractivity contribution in [2.45, 2.75) is 13.3 Å². The van der Waals surface area contributed by atoms with Gasteiger partial charge in [-0.15, -0.1) is 0 Å².